The maximum Gasteiger partial charge on any atom is 0.326 e. The first-order valence-corrected chi connectivity index (χ1v) is 10.4. The van der Waals surface area contributed by atoms with Crippen molar-refractivity contribution in [2.24, 2.45) is 28.1 Å². The van der Waals surface area contributed by atoms with Gasteiger partial charge in [0.25, 0.3) is 0 Å². The van der Waals surface area contributed by atoms with E-state index in [1.54, 1.807) is 13.8 Å². The molecule has 0 saturated carbocycles. The summed E-state index contributed by atoms with van der Waals surface area (Å²) in [7, 11) is 0. The quantitative estimate of drug-likeness (QED) is 0.0796. The zero-order chi connectivity index (χ0) is 25.0. The molecule has 1 rings (SSSR count). The van der Waals surface area contributed by atoms with Crippen LogP contribution in [-0.4, -0.2) is 75.9 Å². The first-order valence-electron chi connectivity index (χ1n) is 10.4. The second-order valence-corrected chi connectivity index (χ2v) is 7.74. The van der Waals surface area contributed by atoms with Crippen LogP contribution in [0.3, 0.4) is 0 Å². The van der Waals surface area contributed by atoms with Crippen LogP contribution in [-0.2, 0) is 25.6 Å². The second-order valence-electron chi connectivity index (χ2n) is 7.74. The fourth-order valence-corrected chi connectivity index (χ4v) is 2.69. The standard InChI is InChI=1S/C19H33N9O5/c1-10(2)15(20)17(31)25-8-14(29)27-12(4-3-5-24-19(21)22)16(30)28-13(18(32)33)6-11-7-23-9-26-11/h7,9-10,12-13,15H,3-6,8,20H2,1-2H3,(H,23,26)(H,25,31)(H,27,29)(H,28,30)(H,32,33)(H4,21,22,24). The number of guanidine groups is 1. The highest BCUT2D eigenvalue weighted by molar-refractivity contribution is 5.92. The lowest BCUT2D eigenvalue weighted by molar-refractivity contribution is -0.142. The zero-order valence-electron chi connectivity index (χ0n) is 18.7. The number of carbonyl (C=O) groups is 4. The molecule has 0 aliphatic heterocycles. The minimum absolute atomic E-state index is 0.0289. The molecule has 1 heterocycles. The Morgan fingerprint density at radius 1 is 1.15 bits per heavy atom. The lowest BCUT2D eigenvalue weighted by Gasteiger charge is -2.22. The van der Waals surface area contributed by atoms with E-state index in [-0.39, 0.29) is 31.3 Å². The van der Waals surface area contributed by atoms with E-state index in [1.807, 2.05) is 0 Å². The summed E-state index contributed by atoms with van der Waals surface area (Å²) in [4.78, 5) is 59.1. The van der Waals surface area contributed by atoms with Crippen molar-refractivity contribution >= 4 is 29.7 Å². The molecule has 11 N–H and O–H groups in total. The average molecular weight is 468 g/mol. The number of hydrogen-bond acceptors (Lipinski definition) is 7. The number of carbonyl (C=O) groups excluding carboxylic acids is 3. The molecule has 3 amide bonds. The number of rotatable bonds is 14. The Morgan fingerprint density at radius 3 is 2.39 bits per heavy atom. The van der Waals surface area contributed by atoms with Gasteiger partial charge in [0.2, 0.25) is 17.7 Å². The number of aliphatic imine (C=N–C) groups is 1. The van der Waals surface area contributed by atoms with Crippen LogP contribution in [0, 0.1) is 5.92 Å². The van der Waals surface area contributed by atoms with Gasteiger partial charge in [-0.15, -0.1) is 0 Å². The van der Waals surface area contributed by atoms with Crippen molar-refractivity contribution in [1.29, 1.82) is 0 Å². The van der Waals surface area contributed by atoms with Gasteiger partial charge in [-0.3, -0.25) is 19.4 Å². The van der Waals surface area contributed by atoms with Gasteiger partial charge in [0.1, 0.15) is 12.1 Å². The van der Waals surface area contributed by atoms with E-state index in [0.717, 1.165) is 0 Å². The van der Waals surface area contributed by atoms with Crippen LogP contribution in [0.15, 0.2) is 17.5 Å². The number of nitrogens with one attached hydrogen (secondary N) is 4. The Kier molecular flexibility index (Phi) is 11.3. The molecule has 0 spiro atoms. The molecule has 1 aromatic heterocycles. The molecule has 0 aromatic carbocycles. The van der Waals surface area contributed by atoms with Gasteiger partial charge in [-0.25, -0.2) is 9.78 Å². The van der Waals surface area contributed by atoms with Gasteiger partial charge < -0.3 is 43.2 Å². The maximum atomic E-state index is 12.8. The number of aromatic nitrogens is 2. The van der Waals surface area contributed by atoms with Crippen LogP contribution in [0.5, 0.6) is 0 Å². The summed E-state index contributed by atoms with van der Waals surface area (Å²) in [6.07, 6.45) is 3.27. The van der Waals surface area contributed by atoms with E-state index in [9.17, 15) is 24.3 Å². The average Bonchev–Trinajstić information content (AvgIpc) is 3.25. The summed E-state index contributed by atoms with van der Waals surface area (Å²) in [6.45, 7) is 3.35. The summed E-state index contributed by atoms with van der Waals surface area (Å²) < 4.78 is 0. The molecule has 184 valence electrons. The third-order valence-corrected chi connectivity index (χ3v) is 4.63. The predicted molar refractivity (Wildman–Crippen MR) is 120 cm³/mol. The van der Waals surface area contributed by atoms with Crippen molar-refractivity contribution in [3.05, 3.63) is 18.2 Å². The van der Waals surface area contributed by atoms with E-state index < -0.39 is 48.4 Å². The number of nitrogens with two attached hydrogens (primary N) is 3. The molecule has 0 radical (unpaired) electrons. The van der Waals surface area contributed by atoms with Gasteiger partial charge in [0.15, 0.2) is 5.96 Å². The number of carboxylic acid groups (broad SMARTS) is 1. The summed E-state index contributed by atoms with van der Waals surface area (Å²) in [6, 6.07) is -3.11. The van der Waals surface area contributed by atoms with Crippen molar-refractivity contribution in [3.63, 3.8) is 0 Å². The third-order valence-electron chi connectivity index (χ3n) is 4.63. The van der Waals surface area contributed by atoms with Crippen LogP contribution < -0.4 is 33.2 Å². The third kappa shape index (κ3) is 10.5. The topological polar surface area (TPSA) is 244 Å². The van der Waals surface area contributed by atoms with Crippen LogP contribution in [0.25, 0.3) is 0 Å². The molecule has 0 aliphatic rings. The molecule has 0 fully saturated rings. The number of aromatic amines is 1. The number of H-pyrrole nitrogens is 1. The molecule has 14 heteroatoms. The summed E-state index contributed by atoms with van der Waals surface area (Å²) in [5, 5.41) is 16.8. The summed E-state index contributed by atoms with van der Waals surface area (Å²) in [5.41, 5.74) is 16.8. The molecule has 33 heavy (non-hydrogen) atoms. The molecule has 0 bridgehead atoms. The van der Waals surface area contributed by atoms with Crippen molar-refractivity contribution in [2.45, 2.75) is 51.2 Å². The van der Waals surface area contributed by atoms with Gasteiger partial charge in [0.05, 0.1) is 18.9 Å². The maximum absolute atomic E-state index is 12.8. The van der Waals surface area contributed by atoms with E-state index in [2.05, 4.69) is 30.9 Å². The number of nitrogens with zero attached hydrogens (tertiary/aromatic N) is 2. The largest absolute Gasteiger partial charge is 0.480 e. The van der Waals surface area contributed by atoms with Crippen molar-refractivity contribution < 1.29 is 24.3 Å². The Hall–Kier alpha value is -3.68. The highest BCUT2D eigenvalue weighted by atomic mass is 16.4. The molecule has 0 aliphatic carbocycles. The van der Waals surface area contributed by atoms with E-state index in [4.69, 9.17) is 17.2 Å². The van der Waals surface area contributed by atoms with Gasteiger partial charge >= 0.3 is 5.97 Å². The van der Waals surface area contributed by atoms with Crippen LogP contribution in [0.4, 0.5) is 0 Å². The summed E-state index contributed by atoms with van der Waals surface area (Å²) in [5.74, 6) is -3.33. The minimum Gasteiger partial charge on any atom is -0.480 e. The molecule has 3 unspecified atom stereocenters. The minimum atomic E-state index is -1.25. The van der Waals surface area contributed by atoms with E-state index in [1.165, 1.54) is 12.5 Å². The zero-order valence-corrected chi connectivity index (χ0v) is 18.7. The fraction of sp³-hybridized carbons (Fsp3) is 0.579. The lowest BCUT2D eigenvalue weighted by atomic mass is 10.1. The number of imidazole rings is 1. The number of hydrogen-bond donors (Lipinski definition) is 8. The number of aliphatic carboxylic acids is 1. The van der Waals surface area contributed by atoms with Crippen molar-refractivity contribution in [1.82, 2.24) is 25.9 Å². The Labute approximate surface area is 191 Å². The van der Waals surface area contributed by atoms with Crippen LogP contribution in [0.1, 0.15) is 32.4 Å². The highest BCUT2D eigenvalue weighted by Gasteiger charge is 2.27. The Balaban J connectivity index is 2.78. The van der Waals surface area contributed by atoms with Gasteiger partial charge in [-0.05, 0) is 18.8 Å². The lowest BCUT2D eigenvalue weighted by Crippen LogP contribution is -2.54. The smallest absolute Gasteiger partial charge is 0.326 e. The molecule has 1 aromatic rings. The molecule has 14 nitrogen and oxygen atoms in total. The summed E-state index contributed by atoms with van der Waals surface area (Å²) >= 11 is 0. The van der Waals surface area contributed by atoms with E-state index >= 15 is 0 Å². The second kappa shape index (κ2) is 13.7. The molecule has 3 atom stereocenters. The van der Waals surface area contributed by atoms with Crippen molar-refractivity contribution in [3.8, 4) is 0 Å². The Morgan fingerprint density at radius 2 is 1.85 bits per heavy atom. The van der Waals surface area contributed by atoms with E-state index in [0.29, 0.717) is 12.1 Å². The normalized spacial score (nSPS) is 13.5. The van der Waals surface area contributed by atoms with Crippen LogP contribution >= 0.6 is 0 Å². The Bertz CT molecular complexity index is 822. The molecule has 0 saturated heterocycles. The first-order chi connectivity index (χ1) is 15.5. The van der Waals surface area contributed by atoms with Crippen molar-refractivity contribution in [2.75, 3.05) is 13.1 Å². The van der Waals surface area contributed by atoms with Gasteiger partial charge in [0, 0.05) is 24.9 Å². The predicted octanol–water partition coefficient (Wildman–Crippen LogP) is -2.84. The molecular formula is C19H33N9O5. The number of amides is 3. The SMILES string of the molecule is CC(C)C(N)C(=O)NCC(=O)NC(CCCN=C(N)N)C(=O)NC(Cc1cnc[nH]1)C(=O)O. The van der Waals surface area contributed by atoms with Gasteiger partial charge in [-0.1, -0.05) is 13.8 Å². The van der Waals surface area contributed by atoms with Crippen LogP contribution in [0.2, 0.25) is 0 Å². The molecular weight excluding hydrogens is 434 g/mol. The fourth-order valence-electron chi connectivity index (χ4n) is 2.69. The monoisotopic (exact) mass is 467 g/mol. The number of carboxylic acids is 1. The highest BCUT2D eigenvalue weighted by Crippen LogP contribution is 2.03. The first kappa shape index (κ1) is 27.4. The van der Waals surface area contributed by atoms with Gasteiger partial charge in [-0.2, -0.15) is 0 Å².